The number of ether oxygens (including phenoxy) is 1. The van der Waals surface area contributed by atoms with E-state index in [1.807, 2.05) is 18.2 Å². The fourth-order valence-corrected chi connectivity index (χ4v) is 5.70. The highest BCUT2D eigenvalue weighted by atomic mass is 19.4. The van der Waals surface area contributed by atoms with Gasteiger partial charge in [0.15, 0.2) is 5.82 Å². The number of fused-ring (bicyclic) bond motifs is 1. The van der Waals surface area contributed by atoms with Crippen molar-refractivity contribution in [2.75, 3.05) is 18.1 Å². The van der Waals surface area contributed by atoms with Crippen molar-refractivity contribution in [3.8, 4) is 0 Å². The van der Waals surface area contributed by atoms with Gasteiger partial charge in [0.25, 0.3) is 5.91 Å². The van der Waals surface area contributed by atoms with E-state index in [1.54, 1.807) is 23.9 Å². The first-order chi connectivity index (χ1) is 18.1. The number of aromatic nitrogens is 4. The third-order valence-corrected chi connectivity index (χ3v) is 8.19. The molecule has 1 N–H and O–H groups in total. The molecule has 38 heavy (non-hydrogen) atoms. The number of tetrazole rings is 1. The van der Waals surface area contributed by atoms with E-state index in [0.29, 0.717) is 30.3 Å². The predicted molar refractivity (Wildman–Crippen MR) is 132 cm³/mol. The minimum atomic E-state index is -4.56. The quantitative estimate of drug-likeness (QED) is 0.497. The van der Waals surface area contributed by atoms with Crippen molar-refractivity contribution in [1.29, 1.82) is 0 Å². The number of hydrogen-bond donors (Lipinski definition) is 1. The van der Waals surface area contributed by atoms with Gasteiger partial charge in [-0.1, -0.05) is 12.1 Å². The molecule has 1 aromatic heterocycles. The second kappa shape index (κ2) is 9.16. The topological polar surface area (TPSA) is 85.2 Å². The Balaban J connectivity index is 1.33. The van der Waals surface area contributed by atoms with E-state index in [4.69, 9.17) is 4.74 Å². The van der Waals surface area contributed by atoms with Crippen LogP contribution in [0, 0.1) is 5.92 Å². The summed E-state index contributed by atoms with van der Waals surface area (Å²) in [6.45, 7) is 3.34. The molecule has 11 heteroatoms. The van der Waals surface area contributed by atoms with E-state index < -0.39 is 17.6 Å². The largest absolute Gasteiger partial charge is 0.416 e. The number of anilines is 1. The smallest absolute Gasteiger partial charge is 0.381 e. The first kappa shape index (κ1) is 25.0. The molecule has 6 rings (SSSR count). The lowest BCUT2D eigenvalue weighted by Gasteiger charge is -2.39. The van der Waals surface area contributed by atoms with Crippen molar-refractivity contribution < 1.29 is 22.7 Å². The molecule has 3 heterocycles. The first-order valence-corrected chi connectivity index (χ1v) is 12.8. The molecule has 1 atom stereocenters. The molecule has 0 radical (unpaired) electrons. The van der Waals surface area contributed by atoms with Crippen molar-refractivity contribution in [3.63, 3.8) is 0 Å². The van der Waals surface area contributed by atoms with E-state index in [0.717, 1.165) is 24.8 Å². The second-order valence-corrected chi connectivity index (χ2v) is 10.9. The summed E-state index contributed by atoms with van der Waals surface area (Å²) in [5, 5.41) is 15.3. The Hall–Kier alpha value is -3.31. The number of amides is 1. The van der Waals surface area contributed by atoms with E-state index >= 15 is 0 Å². The highest BCUT2D eigenvalue weighted by molar-refractivity contribution is 6.10. The summed E-state index contributed by atoms with van der Waals surface area (Å²) in [6.07, 6.45) is -1.47. The van der Waals surface area contributed by atoms with Gasteiger partial charge in [-0.3, -0.25) is 4.79 Å². The van der Waals surface area contributed by atoms with Crippen LogP contribution in [0.4, 0.5) is 18.9 Å². The number of rotatable bonds is 7. The summed E-state index contributed by atoms with van der Waals surface area (Å²) in [7, 11) is 1.77. The molecule has 0 bridgehead atoms. The Kier molecular flexibility index (Phi) is 6.03. The zero-order chi connectivity index (χ0) is 26.7. The Morgan fingerprint density at radius 1 is 1.21 bits per heavy atom. The van der Waals surface area contributed by atoms with Gasteiger partial charge in [-0.15, -0.1) is 5.10 Å². The zero-order valence-corrected chi connectivity index (χ0v) is 21.3. The maximum Gasteiger partial charge on any atom is 0.416 e. The Morgan fingerprint density at radius 2 is 2.00 bits per heavy atom. The van der Waals surface area contributed by atoms with Crippen LogP contribution in [0.3, 0.4) is 0 Å². The molecule has 200 valence electrons. The van der Waals surface area contributed by atoms with Gasteiger partial charge < -0.3 is 15.0 Å². The Bertz CT molecular complexity index is 1380. The fourth-order valence-electron chi connectivity index (χ4n) is 5.70. The number of alkyl halides is 3. The second-order valence-electron chi connectivity index (χ2n) is 10.9. The van der Waals surface area contributed by atoms with Gasteiger partial charge in [0.1, 0.15) is 0 Å². The van der Waals surface area contributed by atoms with E-state index in [9.17, 15) is 18.0 Å². The Labute approximate surface area is 218 Å². The molecule has 2 aliphatic heterocycles. The molecule has 2 fully saturated rings. The summed E-state index contributed by atoms with van der Waals surface area (Å²) >= 11 is 0. The SMILES string of the molecule is Cn1nnnc1[C@H](c1cccc(N2Cc3c(cc(CNC4(C)CCC4)cc3C(F)(F)F)C2=O)c1)C1COC1. The van der Waals surface area contributed by atoms with Gasteiger partial charge in [0.05, 0.1) is 31.2 Å². The monoisotopic (exact) mass is 526 g/mol. The van der Waals surface area contributed by atoms with Gasteiger partial charge >= 0.3 is 6.18 Å². The molecule has 3 aliphatic rings. The number of hydrogen-bond acceptors (Lipinski definition) is 6. The summed E-state index contributed by atoms with van der Waals surface area (Å²) < 4.78 is 49.5. The number of carbonyl (C=O) groups is 1. The van der Waals surface area contributed by atoms with Gasteiger partial charge in [-0.05, 0) is 77.6 Å². The number of carbonyl (C=O) groups excluding carboxylic acids is 1. The van der Waals surface area contributed by atoms with Gasteiger partial charge in [0, 0.05) is 36.3 Å². The third-order valence-electron chi connectivity index (χ3n) is 8.19. The van der Waals surface area contributed by atoms with Crippen LogP contribution in [0.5, 0.6) is 0 Å². The fraction of sp³-hybridized carbons (Fsp3) is 0.481. The molecule has 0 spiro atoms. The summed E-state index contributed by atoms with van der Waals surface area (Å²) in [5.74, 6) is 0.234. The lowest BCUT2D eigenvalue weighted by atomic mass is 9.78. The van der Waals surface area contributed by atoms with Gasteiger partial charge in [-0.25, -0.2) is 4.68 Å². The molecule has 3 aromatic rings. The maximum atomic E-state index is 14.1. The van der Waals surface area contributed by atoms with Crippen LogP contribution in [0.25, 0.3) is 0 Å². The lowest BCUT2D eigenvalue weighted by molar-refractivity contribution is -0.138. The van der Waals surface area contributed by atoms with E-state index in [-0.39, 0.29) is 41.6 Å². The zero-order valence-electron chi connectivity index (χ0n) is 21.3. The highest BCUT2D eigenvalue weighted by Crippen LogP contribution is 2.41. The van der Waals surface area contributed by atoms with Crippen LogP contribution >= 0.6 is 0 Å². The summed E-state index contributed by atoms with van der Waals surface area (Å²) in [6, 6.07) is 10.2. The van der Waals surface area contributed by atoms with Gasteiger partial charge in [-0.2, -0.15) is 13.2 Å². The molecule has 1 saturated carbocycles. The number of nitrogens with one attached hydrogen (secondary N) is 1. The predicted octanol–water partition coefficient (Wildman–Crippen LogP) is 4.20. The standard InChI is InChI=1S/C27H29F3N6O2/c1-26(7-4-8-26)31-12-16-9-20-21(22(10-16)27(28,29)30)13-36(25(20)37)19-6-3-5-17(11-19)23(18-14-38-15-18)24-32-33-34-35(24)2/h3,5-6,9-11,18,23,31H,4,7-8,12-15H2,1-2H3/t23-/m1/s1. The van der Waals surface area contributed by atoms with Crippen molar-refractivity contribution in [2.45, 2.75) is 56.9 Å². The minimum Gasteiger partial charge on any atom is -0.381 e. The van der Waals surface area contributed by atoms with Crippen LogP contribution in [0.1, 0.15) is 70.5 Å². The summed E-state index contributed by atoms with van der Waals surface area (Å²) in [5.41, 5.74) is 1.22. The molecule has 1 saturated heterocycles. The Morgan fingerprint density at radius 3 is 2.61 bits per heavy atom. The molecular formula is C27H29F3N6O2. The van der Waals surface area contributed by atoms with Crippen LogP contribution in [0.2, 0.25) is 0 Å². The highest BCUT2D eigenvalue weighted by Gasteiger charge is 2.41. The van der Waals surface area contributed by atoms with Crippen molar-refractivity contribution in [2.24, 2.45) is 13.0 Å². The minimum absolute atomic E-state index is 0.0213. The number of halogens is 3. The van der Waals surface area contributed by atoms with Crippen molar-refractivity contribution in [3.05, 3.63) is 70.0 Å². The maximum absolute atomic E-state index is 14.1. The first-order valence-electron chi connectivity index (χ1n) is 12.8. The third kappa shape index (κ3) is 4.37. The lowest BCUT2D eigenvalue weighted by Crippen LogP contribution is -2.47. The molecular weight excluding hydrogens is 497 g/mol. The van der Waals surface area contributed by atoms with Crippen molar-refractivity contribution >= 4 is 11.6 Å². The van der Waals surface area contributed by atoms with Crippen LogP contribution in [0.15, 0.2) is 36.4 Å². The number of benzene rings is 2. The van der Waals surface area contributed by atoms with E-state index in [1.165, 1.54) is 11.0 Å². The molecule has 1 aliphatic carbocycles. The average Bonchev–Trinajstić information content (AvgIpc) is 3.40. The van der Waals surface area contributed by atoms with Crippen LogP contribution < -0.4 is 10.2 Å². The van der Waals surface area contributed by atoms with Crippen LogP contribution in [-0.4, -0.2) is 44.9 Å². The molecule has 2 aromatic carbocycles. The normalized spacial score (nSPS) is 19.7. The number of nitrogens with zero attached hydrogens (tertiary/aromatic N) is 5. The summed E-state index contributed by atoms with van der Waals surface area (Å²) in [4.78, 5) is 15.0. The number of aryl methyl sites for hydroxylation is 1. The average molecular weight is 527 g/mol. The van der Waals surface area contributed by atoms with Gasteiger partial charge in [0.2, 0.25) is 0 Å². The van der Waals surface area contributed by atoms with E-state index in [2.05, 4.69) is 27.8 Å². The molecule has 0 unspecified atom stereocenters. The van der Waals surface area contributed by atoms with Crippen molar-refractivity contribution in [1.82, 2.24) is 25.5 Å². The van der Waals surface area contributed by atoms with Crippen LogP contribution in [-0.2, 0) is 31.1 Å². The molecule has 8 nitrogen and oxygen atoms in total. The molecule has 1 amide bonds.